The Morgan fingerprint density at radius 2 is 2.19 bits per heavy atom. The molecule has 5 nitrogen and oxygen atoms in total. The fourth-order valence-electron chi connectivity index (χ4n) is 2.52. The lowest BCUT2D eigenvalue weighted by Crippen LogP contribution is -2.49. The molecule has 1 N–H and O–H groups in total. The molecule has 1 fully saturated rings. The van der Waals surface area contributed by atoms with E-state index in [1.54, 1.807) is 29.2 Å². The maximum atomic E-state index is 12.6. The molecule has 1 amide bonds. The maximum absolute atomic E-state index is 12.6. The molecular weight excluding hydrogens is 312 g/mol. The van der Waals surface area contributed by atoms with Crippen molar-refractivity contribution in [3.8, 4) is 0 Å². The average molecular weight is 331 g/mol. The molecule has 0 radical (unpaired) electrons. The number of piperidine rings is 1. The Bertz CT molecular complexity index is 618. The van der Waals surface area contributed by atoms with Gasteiger partial charge in [0.1, 0.15) is 0 Å². The lowest BCUT2D eigenvalue weighted by molar-refractivity contribution is 0.0619. The number of carbonyl (C=O) groups is 1. The van der Waals surface area contributed by atoms with Crippen LogP contribution in [0, 0.1) is 0 Å². The maximum Gasteiger partial charge on any atom is 0.254 e. The summed E-state index contributed by atoms with van der Waals surface area (Å²) in [7, 11) is -3.25. The van der Waals surface area contributed by atoms with Crippen LogP contribution < -0.4 is 4.72 Å². The van der Waals surface area contributed by atoms with Gasteiger partial charge < -0.3 is 4.90 Å². The van der Waals surface area contributed by atoms with Gasteiger partial charge in [0.2, 0.25) is 10.0 Å². The van der Waals surface area contributed by atoms with E-state index >= 15 is 0 Å². The number of hydrogen-bond acceptors (Lipinski definition) is 3. The van der Waals surface area contributed by atoms with Crippen LogP contribution in [0.4, 0.5) is 0 Å². The number of rotatable bonds is 4. The van der Waals surface area contributed by atoms with Crippen LogP contribution in [0.2, 0.25) is 5.02 Å². The van der Waals surface area contributed by atoms with Gasteiger partial charge in [-0.3, -0.25) is 4.79 Å². The van der Waals surface area contributed by atoms with Crippen molar-refractivity contribution in [2.75, 3.05) is 19.3 Å². The van der Waals surface area contributed by atoms with Gasteiger partial charge in [-0.2, -0.15) is 0 Å². The van der Waals surface area contributed by atoms with E-state index in [1.807, 2.05) is 0 Å². The molecule has 0 saturated carbocycles. The van der Waals surface area contributed by atoms with Crippen LogP contribution in [0.1, 0.15) is 29.6 Å². The van der Waals surface area contributed by atoms with Gasteiger partial charge in [0.15, 0.2) is 0 Å². The molecule has 1 saturated heterocycles. The number of nitrogens with zero attached hydrogens (tertiary/aromatic N) is 1. The molecule has 116 valence electrons. The minimum atomic E-state index is -3.25. The van der Waals surface area contributed by atoms with E-state index in [2.05, 4.69) is 4.72 Å². The molecule has 1 aromatic rings. The standard InChI is InChI=1S/C14H19ClN2O3S/c1-21(19,20)16-10-13-7-2-3-8-17(13)14(18)11-5-4-6-12(15)9-11/h4-6,9,13,16H,2-3,7-8,10H2,1H3/t13-/m1/s1. The summed E-state index contributed by atoms with van der Waals surface area (Å²) in [4.78, 5) is 14.3. The topological polar surface area (TPSA) is 66.5 Å². The highest BCUT2D eigenvalue weighted by Crippen LogP contribution is 2.21. The van der Waals surface area contributed by atoms with E-state index in [0.717, 1.165) is 25.5 Å². The van der Waals surface area contributed by atoms with Gasteiger partial charge in [0, 0.05) is 29.7 Å². The molecule has 0 spiro atoms. The van der Waals surface area contributed by atoms with Crippen molar-refractivity contribution in [3.05, 3.63) is 34.9 Å². The number of hydrogen-bond donors (Lipinski definition) is 1. The third-order valence-corrected chi connectivity index (χ3v) is 4.47. The van der Waals surface area contributed by atoms with E-state index < -0.39 is 10.0 Å². The smallest absolute Gasteiger partial charge is 0.254 e. The molecule has 1 aromatic carbocycles. The Balaban J connectivity index is 2.12. The van der Waals surface area contributed by atoms with Gasteiger partial charge in [-0.15, -0.1) is 0 Å². The minimum Gasteiger partial charge on any atom is -0.334 e. The predicted molar refractivity (Wildman–Crippen MR) is 83.0 cm³/mol. The van der Waals surface area contributed by atoms with Crippen molar-refractivity contribution in [1.82, 2.24) is 9.62 Å². The van der Waals surface area contributed by atoms with Gasteiger partial charge in [-0.1, -0.05) is 17.7 Å². The summed E-state index contributed by atoms with van der Waals surface area (Å²) < 4.78 is 25.0. The summed E-state index contributed by atoms with van der Waals surface area (Å²) in [5.74, 6) is -0.0995. The van der Waals surface area contributed by atoms with Crippen molar-refractivity contribution in [1.29, 1.82) is 0 Å². The molecule has 0 aromatic heterocycles. The molecule has 0 aliphatic carbocycles. The Morgan fingerprint density at radius 1 is 1.43 bits per heavy atom. The van der Waals surface area contributed by atoms with Crippen molar-refractivity contribution < 1.29 is 13.2 Å². The van der Waals surface area contributed by atoms with Crippen LogP contribution >= 0.6 is 11.6 Å². The van der Waals surface area contributed by atoms with Crippen LogP contribution in [-0.2, 0) is 10.0 Å². The van der Waals surface area contributed by atoms with Crippen LogP contribution in [0.5, 0.6) is 0 Å². The predicted octanol–water partition coefficient (Wildman–Crippen LogP) is 1.88. The van der Waals surface area contributed by atoms with Gasteiger partial charge in [0.25, 0.3) is 5.91 Å². The number of benzene rings is 1. The molecule has 21 heavy (non-hydrogen) atoms. The third kappa shape index (κ3) is 4.69. The summed E-state index contributed by atoms with van der Waals surface area (Å²) in [6.45, 7) is 0.895. The fourth-order valence-corrected chi connectivity index (χ4v) is 3.20. The normalized spacial score (nSPS) is 19.5. The number of halogens is 1. The molecule has 1 heterocycles. The number of likely N-dealkylation sites (tertiary alicyclic amines) is 1. The number of nitrogens with one attached hydrogen (secondary N) is 1. The number of amides is 1. The molecule has 2 rings (SSSR count). The van der Waals surface area contributed by atoms with Gasteiger partial charge in [0.05, 0.1) is 6.26 Å². The SMILES string of the molecule is CS(=O)(=O)NC[C@H]1CCCCN1C(=O)c1cccc(Cl)c1. The number of sulfonamides is 1. The lowest BCUT2D eigenvalue weighted by Gasteiger charge is -2.35. The first kappa shape index (κ1) is 16.3. The zero-order valence-electron chi connectivity index (χ0n) is 11.9. The third-order valence-electron chi connectivity index (χ3n) is 3.54. The van der Waals surface area contributed by atoms with Gasteiger partial charge in [-0.05, 0) is 37.5 Å². The molecule has 0 unspecified atom stereocenters. The monoisotopic (exact) mass is 330 g/mol. The van der Waals surface area contributed by atoms with E-state index in [9.17, 15) is 13.2 Å². The van der Waals surface area contributed by atoms with Crippen LogP contribution in [0.3, 0.4) is 0 Å². The molecule has 1 aliphatic rings. The Hall–Kier alpha value is -1.11. The second-order valence-electron chi connectivity index (χ2n) is 5.28. The Morgan fingerprint density at radius 3 is 2.86 bits per heavy atom. The quantitative estimate of drug-likeness (QED) is 0.916. The second kappa shape index (κ2) is 6.77. The molecule has 1 aliphatic heterocycles. The van der Waals surface area contributed by atoms with E-state index in [4.69, 9.17) is 11.6 Å². The molecule has 7 heteroatoms. The first-order valence-electron chi connectivity index (χ1n) is 6.88. The van der Waals surface area contributed by atoms with Gasteiger partial charge in [-0.25, -0.2) is 13.1 Å². The highest BCUT2D eigenvalue weighted by Gasteiger charge is 2.28. The summed E-state index contributed by atoms with van der Waals surface area (Å²) >= 11 is 5.92. The fraction of sp³-hybridized carbons (Fsp3) is 0.500. The Labute approximate surface area is 130 Å². The summed E-state index contributed by atoms with van der Waals surface area (Å²) in [6.07, 6.45) is 3.85. The van der Waals surface area contributed by atoms with Crippen molar-refractivity contribution in [3.63, 3.8) is 0 Å². The first-order valence-corrected chi connectivity index (χ1v) is 9.15. The average Bonchev–Trinajstić information content (AvgIpc) is 2.44. The largest absolute Gasteiger partial charge is 0.334 e. The first-order chi connectivity index (χ1) is 9.87. The van der Waals surface area contributed by atoms with Crippen molar-refractivity contribution >= 4 is 27.5 Å². The molecule has 1 atom stereocenters. The van der Waals surface area contributed by atoms with Crippen molar-refractivity contribution in [2.24, 2.45) is 0 Å². The minimum absolute atomic E-state index is 0.0995. The number of carbonyl (C=O) groups excluding carboxylic acids is 1. The van der Waals surface area contributed by atoms with E-state index in [-0.39, 0.29) is 18.5 Å². The van der Waals surface area contributed by atoms with Crippen molar-refractivity contribution in [2.45, 2.75) is 25.3 Å². The van der Waals surface area contributed by atoms with Gasteiger partial charge >= 0.3 is 0 Å². The molecular formula is C14H19ClN2O3S. The summed E-state index contributed by atoms with van der Waals surface area (Å²) in [5, 5.41) is 0.517. The molecule has 0 bridgehead atoms. The highest BCUT2D eigenvalue weighted by molar-refractivity contribution is 7.88. The summed E-state index contributed by atoms with van der Waals surface area (Å²) in [5.41, 5.74) is 0.536. The van der Waals surface area contributed by atoms with Crippen LogP contribution in [0.15, 0.2) is 24.3 Å². The van der Waals surface area contributed by atoms with Crippen LogP contribution in [-0.4, -0.2) is 44.6 Å². The zero-order chi connectivity index (χ0) is 15.5. The summed E-state index contributed by atoms with van der Waals surface area (Å²) in [6, 6.07) is 6.71. The Kier molecular flexibility index (Phi) is 5.24. The highest BCUT2D eigenvalue weighted by atomic mass is 35.5. The zero-order valence-corrected chi connectivity index (χ0v) is 13.5. The lowest BCUT2D eigenvalue weighted by atomic mass is 10.0. The van der Waals surface area contributed by atoms with E-state index in [1.165, 1.54) is 0 Å². The second-order valence-corrected chi connectivity index (χ2v) is 7.55. The van der Waals surface area contributed by atoms with E-state index in [0.29, 0.717) is 17.1 Å². The van der Waals surface area contributed by atoms with Crippen LogP contribution in [0.25, 0.3) is 0 Å².